The second kappa shape index (κ2) is 11.1. The monoisotopic (exact) mass is 538 g/mol. The van der Waals surface area contributed by atoms with Crippen molar-refractivity contribution in [3.63, 3.8) is 0 Å². The van der Waals surface area contributed by atoms with Crippen LogP contribution in [0.2, 0.25) is 0 Å². The van der Waals surface area contributed by atoms with Gasteiger partial charge < -0.3 is 9.30 Å². The van der Waals surface area contributed by atoms with Crippen LogP contribution in [0.25, 0.3) is 33.1 Å². The van der Waals surface area contributed by atoms with Crippen molar-refractivity contribution in [2.45, 2.75) is 20.4 Å². The first-order valence-electron chi connectivity index (χ1n) is 13.5. The number of pyridine rings is 1. The van der Waals surface area contributed by atoms with Crippen LogP contribution in [-0.2, 0) is 6.54 Å². The molecule has 0 bridgehead atoms. The predicted molar refractivity (Wildman–Crippen MR) is 166 cm³/mol. The summed E-state index contributed by atoms with van der Waals surface area (Å²) in [6.07, 6.45) is 1.75. The molecular formula is C35H30N4O2. The van der Waals surface area contributed by atoms with Gasteiger partial charge in [0.25, 0.3) is 5.91 Å². The van der Waals surface area contributed by atoms with Gasteiger partial charge >= 0.3 is 0 Å². The average Bonchev–Trinajstić information content (AvgIpc) is 3.28. The molecule has 0 radical (unpaired) electrons. The number of carbonyl (C=O) groups excluding carboxylic acids is 1. The maximum atomic E-state index is 13.5. The zero-order valence-corrected chi connectivity index (χ0v) is 23.3. The molecule has 41 heavy (non-hydrogen) atoms. The van der Waals surface area contributed by atoms with Crippen molar-refractivity contribution in [1.29, 1.82) is 0 Å². The summed E-state index contributed by atoms with van der Waals surface area (Å²) in [6, 6.07) is 33.8. The number of hydrogen-bond donors (Lipinski definition) is 1. The third-order valence-corrected chi connectivity index (χ3v) is 7.48. The first kappa shape index (κ1) is 26.0. The lowest BCUT2D eigenvalue weighted by atomic mass is 10.0. The summed E-state index contributed by atoms with van der Waals surface area (Å²) < 4.78 is 7.61. The molecule has 0 fully saturated rings. The Labute approximate surface area is 238 Å². The van der Waals surface area contributed by atoms with Crippen molar-refractivity contribution in [1.82, 2.24) is 15.0 Å². The van der Waals surface area contributed by atoms with E-state index in [0.717, 1.165) is 45.4 Å². The highest BCUT2D eigenvalue weighted by molar-refractivity contribution is 6.08. The van der Waals surface area contributed by atoms with Crippen molar-refractivity contribution in [2.75, 3.05) is 7.11 Å². The van der Waals surface area contributed by atoms with Crippen LogP contribution in [-0.4, -0.2) is 28.8 Å². The summed E-state index contributed by atoms with van der Waals surface area (Å²) in [5.74, 6) is 0.467. The van der Waals surface area contributed by atoms with Gasteiger partial charge in [0.05, 0.1) is 35.6 Å². The SMILES string of the molecule is COc1ccc(-c2cc(C(=O)N/N=C/c3c(C)n(Cc4ccccc4)c4c(C)cccc34)c3ccccc3n2)cc1. The van der Waals surface area contributed by atoms with Crippen LogP contribution in [0.5, 0.6) is 5.75 Å². The Balaban J connectivity index is 1.34. The normalized spacial score (nSPS) is 11.4. The van der Waals surface area contributed by atoms with Gasteiger partial charge in [0.15, 0.2) is 0 Å². The van der Waals surface area contributed by atoms with E-state index in [1.165, 1.54) is 16.6 Å². The molecule has 1 amide bonds. The first-order valence-corrected chi connectivity index (χ1v) is 13.5. The average molecular weight is 539 g/mol. The molecule has 6 heteroatoms. The minimum absolute atomic E-state index is 0.295. The highest BCUT2D eigenvalue weighted by atomic mass is 16.5. The van der Waals surface area contributed by atoms with Crippen molar-refractivity contribution < 1.29 is 9.53 Å². The summed E-state index contributed by atoms with van der Waals surface area (Å²) in [7, 11) is 1.63. The molecule has 0 aliphatic carbocycles. The largest absolute Gasteiger partial charge is 0.497 e. The number of hydrazone groups is 1. The lowest BCUT2D eigenvalue weighted by Gasteiger charge is -2.10. The standard InChI is InChI=1S/C35H30N4O2/c1-23-10-9-14-29-31(24(2)39(34(23)29)22-25-11-5-4-6-12-25)21-36-38-35(40)30-20-33(26-16-18-27(41-3)19-17-26)37-32-15-8-7-13-28(30)32/h4-21H,22H2,1-3H3,(H,38,40)/b36-21+. The van der Waals surface area contributed by atoms with Crippen molar-refractivity contribution >= 4 is 33.9 Å². The van der Waals surface area contributed by atoms with Gasteiger partial charge in [-0.15, -0.1) is 0 Å². The molecule has 0 atom stereocenters. The van der Waals surface area contributed by atoms with Gasteiger partial charge in [-0.25, -0.2) is 10.4 Å². The number of hydrogen-bond acceptors (Lipinski definition) is 4. The zero-order chi connectivity index (χ0) is 28.3. The van der Waals surface area contributed by atoms with Crippen molar-refractivity contribution in [2.24, 2.45) is 5.10 Å². The minimum atomic E-state index is -0.295. The molecule has 6 nitrogen and oxygen atoms in total. The smallest absolute Gasteiger partial charge is 0.272 e. The van der Waals surface area contributed by atoms with Crippen LogP contribution in [0.1, 0.15) is 32.7 Å². The van der Waals surface area contributed by atoms with E-state index in [2.05, 4.69) is 71.4 Å². The maximum Gasteiger partial charge on any atom is 0.272 e. The van der Waals surface area contributed by atoms with Crippen molar-refractivity contribution in [3.8, 4) is 17.0 Å². The summed E-state index contributed by atoms with van der Waals surface area (Å²) in [4.78, 5) is 18.3. The molecule has 0 unspecified atom stereocenters. The fourth-order valence-electron chi connectivity index (χ4n) is 5.36. The van der Waals surface area contributed by atoms with E-state index in [1.807, 2.05) is 60.7 Å². The highest BCUT2D eigenvalue weighted by Gasteiger charge is 2.16. The van der Waals surface area contributed by atoms with E-state index in [4.69, 9.17) is 9.72 Å². The van der Waals surface area contributed by atoms with Gasteiger partial charge in [-0.05, 0) is 61.4 Å². The number of rotatable bonds is 7. The Morgan fingerprint density at radius 2 is 1.63 bits per heavy atom. The number of nitrogens with zero attached hydrogens (tertiary/aromatic N) is 3. The third-order valence-electron chi connectivity index (χ3n) is 7.48. The highest BCUT2D eigenvalue weighted by Crippen LogP contribution is 2.29. The molecule has 0 saturated carbocycles. The van der Waals surface area contributed by atoms with Crippen LogP contribution in [0.15, 0.2) is 108 Å². The van der Waals surface area contributed by atoms with E-state index in [0.29, 0.717) is 11.3 Å². The Hall–Kier alpha value is -5.23. The Morgan fingerprint density at radius 3 is 2.41 bits per heavy atom. The number of fused-ring (bicyclic) bond motifs is 2. The number of aromatic nitrogens is 2. The molecule has 2 heterocycles. The molecular weight excluding hydrogens is 508 g/mol. The van der Waals surface area contributed by atoms with E-state index < -0.39 is 0 Å². The quantitative estimate of drug-likeness (QED) is 0.171. The number of carbonyl (C=O) groups is 1. The van der Waals surface area contributed by atoms with Crippen LogP contribution in [0.4, 0.5) is 0 Å². The summed E-state index contributed by atoms with van der Waals surface area (Å²) >= 11 is 0. The molecule has 6 rings (SSSR count). The Morgan fingerprint density at radius 1 is 0.902 bits per heavy atom. The number of benzene rings is 4. The Kier molecular flexibility index (Phi) is 7.04. The lowest BCUT2D eigenvalue weighted by Crippen LogP contribution is -2.18. The number of aryl methyl sites for hydroxylation is 1. The second-order valence-electron chi connectivity index (χ2n) is 10.0. The molecule has 0 spiro atoms. The first-order chi connectivity index (χ1) is 20.0. The molecule has 1 N–H and O–H groups in total. The van der Waals surface area contributed by atoms with Gasteiger partial charge in [-0.1, -0.05) is 66.7 Å². The van der Waals surface area contributed by atoms with Crippen LogP contribution < -0.4 is 10.2 Å². The van der Waals surface area contributed by atoms with Crippen LogP contribution >= 0.6 is 0 Å². The molecule has 0 aliphatic rings. The summed E-state index contributed by atoms with van der Waals surface area (Å²) in [6.45, 7) is 4.98. The second-order valence-corrected chi connectivity index (χ2v) is 10.0. The lowest BCUT2D eigenvalue weighted by molar-refractivity contribution is 0.0956. The van der Waals surface area contributed by atoms with E-state index >= 15 is 0 Å². The molecule has 202 valence electrons. The summed E-state index contributed by atoms with van der Waals surface area (Å²) in [5, 5.41) is 6.31. The number of para-hydroxylation sites is 2. The third kappa shape index (κ3) is 5.08. The maximum absolute atomic E-state index is 13.5. The van der Waals surface area contributed by atoms with Crippen LogP contribution in [0.3, 0.4) is 0 Å². The summed E-state index contributed by atoms with van der Waals surface area (Å²) in [5.41, 5.74) is 11.3. The van der Waals surface area contributed by atoms with Crippen LogP contribution in [0, 0.1) is 13.8 Å². The predicted octanol–water partition coefficient (Wildman–Crippen LogP) is 7.29. The van der Waals surface area contributed by atoms with E-state index in [-0.39, 0.29) is 5.91 Å². The molecule has 2 aromatic heterocycles. The van der Waals surface area contributed by atoms with E-state index in [9.17, 15) is 4.79 Å². The zero-order valence-electron chi connectivity index (χ0n) is 23.3. The minimum Gasteiger partial charge on any atom is -0.497 e. The molecule has 6 aromatic rings. The fourth-order valence-corrected chi connectivity index (χ4v) is 5.36. The van der Waals surface area contributed by atoms with Crippen molar-refractivity contribution in [3.05, 3.63) is 131 Å². The Bertz CT molecular complexity index is 1910. The van der Waals surface area contributed by atoms with Gasteiger partial charge in [-0.2, -0.15) is 5.10 Å². The van der Waals surface area contributed by atoms with Gasteiger partial charge in [-0.3, -0.25) is 4.79 Å². The number of ether oxygens (including phenoxy) is 1. The number of methoxy groups -OCH3 is 1. The fraction of sp³-hybridized carbons (Fsp3) is 0.114. The van der Waals surface area contributed by atoms with Gasteiger partial charge in [0.2, 0.25) is 0 Å². The molecule has 4 aromatic carbocycles. The molecule has 0 saturated heterocycles. The van der Waals surface area contributed by atoms with Gasteiger partial charge in [0.1, 0.15) is 5.75 Å². The molecule has 0 aliphatic heterocycles. The number of nitrogens with one attached hydrogen (secondary N) is 1. The number of amides is 1. The topological polar surface area (TPSA) is 68.5 Å². The van der Waals surface area contributed by atoms with Gasteiger partial charge in [0, 0.05) is 34.1 Å². The van der Waals surface area contributed by atoms with E-state index in [1.54, 1.807) is 13.3 Å².